The molecule has 0 spiro atoms. The molecule has 0 atom stereocenters. The zero-order chi connectivity index (χ0) is 22.0. The minimum atomic E-state index is -3.65. The van der Waals surface area contributed by atoms with Crippen LogP contribution in [0, 0.1) is 0 Å². The third-order valence-corrected chi connectivity index (χ3v) is 7.41. The standard InChI is InChI=1S/C23H24ClNO4S2/c1-31(27,28)25-23(26)22-19(18-12-11-16(24)14-21(18)30-22)9-5-13-29-20-10-4-7-15-6-2-3-8-17(15)20/h4,7,10-12,14H,2-3,5-6,8-9,13H2,1H3,(H,25,26). The maximum Gasteiger partial charge on any atom is 0.275 e. The number of aryl methyl sites for hydroxylation is 2. The molecule has 8 heteroatoms. The summed E-state index contributed by atoms with van der Waals surface area (Å²) >= 11 is 7.37. The predicted molar refractivity (Wildman–Crippen MR) is 126 cm³/mol. The van der Waals surface area contributed by atoms with Crippen LogP contribution in [0.15, 0.2) is 36.4 Å². The largest absolute Gasteiger partial charge is 0.493 e. The lowest BCUT2D eigenvalue weighted by Gasteiger charge is -2.19. The second-order valence-electron chi connectivity index (χ2n) is 7.81. The van der Waals surface area contributed by atoms with E-state index in [1.165, 1.54) is 35.3 Å². The number of nitrogens with one attached hydrogen (secondary N) is 1. The highest BCUT2D eigenvalue weighted by Gasteiger charge is 2.21. The molecule has 0 bridgehead atoms. The number of carbonyl (C=O) groups excluding carboxylic acids is 1. The van der Waals surface area contributed by atoms with Gasteiger partial charge in [-0.15, -0.1) is 11.3 Å². The first-order valence-corrected chi connectivity index (χ1v) is 13.4. The van der Waals surface area contributed by atoms with Crippen LogP contribution in [-0.4, -0.2) is 27.2 Å². The van der Waals surface area contributed by atoms with Crippen LogP contribution in [-0.2, 0) is 29.3 Å². The van der Waals surface area contributed by atoms with Gasteiger partial charge < -0.3 is 4.74 Å². The fraction of sp³-hybridized carbons (Fsp3) is 0.348. The van der Waals surface area contributed by atoms with Crippen molar-refractivity contribution in [2.75, 3.05) is 12.9 Å². The Bertz CT molecular complexity index is 1230. The van der Waals surface area contributed by atoms with E-state index < -0.39 is 15.9 Å². The van der Waals surface area contributed by atoms with E-state index in [9.17, 15) is 13.2 Å². The second-order valence-corrected chi connectivity index (χ2v) is 11.0. The van der Waals surface area contributed by atoms with Crippen molar-refractivity contribution in [3.05, 3.63) is 63.0 Å². The fourth-order valence-corrected chi connectivity index (χ4v) is 6.01. The van der Waals surface area contributed by atoms with Crippen molar-refractivity contribution in [1.29, 1.82) is 0 Å². The molecular weight excluding hydrogens is 454 g/mol. The van der Waals surface area contributed by atoms with Gasteiger partial charge in [0.15, 0.2) is 0 Å². The number of amides is 1. The molecule has 0 fully saturated rings. The highest BCUT2D eigenvalue weighted by atomic mass is 35.5. The first-order chi connectivity index (χ1) is 14.8. The number of rotatable bonds is 7. The van der Waals surface area contributed by atoms with Crippen LogP contribution in [0.1, 0.15) is 45.6 Å². The smallest absolute Gasteiger partial charge is 0.275 e. The Hall–Kier alpha value is -2.09. The molecule has 1 heterocycles. The molecule has 2 aromatic carbocycles. The normalized spacial score (nSPS) is 13.7. The van der Waals surface area contributed by atoms with Gasteiger partial charge in [0.1, 0.15) is 5.75 Å². The van der Waals surface area contributed by atoms with Crippen molar-refractivity contribution in [3.8, 4) is 5.75 Å². The van der Waals surface area contributed by atoms with E-state index in [0.29, 0.717) is 29.3 Å². The Labute approximate surface area is 191 Å². The maximum atomic E-state index is 12.6. The van der Waals surface area contributed by atoms with Crippen LogP contribution >= 0.6 is 22.9 Å². The minimum absolute atomic E-state index is 0.403. The van der Waals surface area contributed by atoms with Gasteiger partial charge >= 0.3 is 0 Å². The average Bonchev–Trinajstić information content (AvgIpc) is 3.08. The lowest BCUT2D eigenvalue weighted by atomic mass is 9.91. The SMILES string of the molecule is CS(=O)(=O)NC(=O)c1sc2cc(Cl)ccc2c1CCCOc1cccc2c1CCCC2. The highest BCUT2D eigenvalue weighted by molar-refractivity contribution is 7.89. The molecule has 1 N–H and O–H groups in total. The van der Waals surface area contributed by atoms with Gasteiger partial charge in [0.05, 0.1) is 17.7 Å². The fourth-order valence-electron chi connectivity index (χ4n) is 4.08. The summed E-state index contributed by atoms with van der Waals surface area (Å²) in [4.78, 5) is 13.0. The molecule has 5 nitrogen and oxygen atoms in total. The Morgan fingerprint density at radius 3 is 2.81 bits per heavy atom. The third-order valence-electron chi connectivity index (χ3n) is 5.42. The number of thiophene rings is 1. The number of benzene rings is 2. The summed E-state index contributed by atoms with van der Waals surface area (Å²) in [5, 5.41) is 1.50. The molecule has 1 aliphatic carbocycles. The van der Waals surface area contributed by atoms with Crippen LogP contribution in [0.4, 0.5) is 0 Å². The summed E-state index contributed by atoms with van der Waals surface area (Å²) < 4.78 is 32.2. The molecule has 4 rings (SSSR count). The van der Waals surface area contributed by atoms with E-state index in [2.05, 4.69) is 10.8 Å². The van der Waals surface area contributed by atoms with Gasteiger partial charge in [0.25, 0.3) is 5.91 Å². The zero-order valence-corrected chi connectivity index (χ0v) is 19.6. The lowest BCUT2D eigenvalue weighted by molar-refractivity contribution is 0.0984. The van der Waals surface area contributed by atoms with Crippen molar-refractivity contribution in [2.24, 2.45) is 0 Å². The summed E-state index contributed by atoms with van der Waals surface area (Å²) in [6, 6.07) is 11.7. The van der Waals surface area contributed by atoms with E-state index in [1.807, 2.05) is 18.2 Å². The van der Waals surface area contributed by atoms with Crippen LogP contribution < -0.4 is 9.46 Å². The summed E-state index contributed by atoms with van der Waals surface area (Å²) in [5.74, 6) is 0.349. The third kappa shape index (κ3) is 5.22. The lowest BCUT2D eigenvalue weighted by Crippen LogP contribution is -2.29. The topological polar surface area (TPSA) is 72.5 Å². The van der Waals surface area contributed by atoms with Gasteiger partial charge in [-0.2, -0.15) is 0 Å². The van der Waals surface area contributed by atoms with Crippen molar-refractivity contribution < 1.29 is 17.9 Å². The van der Waals surface area contributed by atoms with Crippen LogP contribution in [0.2, 0.25) is 5.02 Å². The maximum absolute atomic E-state index is 12.6. The summed E-state index contributed by atoms with van der Waals surface area (Å²) in [6.07, 6.45) is 6.86. The molecule has 3 aromatic rings. The number of fused-ring (bicyclic) bond motifs is 2. The number of hydrogen-bond donors (Lipinski definition) is 1. The predicted octanol–water partition coefficient (Wildman–Crippen LogP) is 5.13. The van der Waals surface area contributed by atoms with Crippen LogP contribution in [0.5, 0.6) is 5.75 Å². The average molecular weight is 478 g/mol. The molecule has 1 amide bonds. The van der Waals surface area contributed by atoms with Gasteiger partial charge in [-0.25, -0.2) is 13.1 Å². The van der Waals surface area contributed by atoms with E-state index in [0.717, 1.165) is 40.5 Å². The van der Waals surface area contributed by atoms with Gasteiger partial charge in [-0.1, -0.05) is 29.8 Å². The van der Waals surface area contributed by atoms with Crippen LogP contribution in [0.25, 0.3) is 10.1 Å². The van der Waals surface area contributed by atoms with E-state index in [1.54, 1.807) is 12.1 Å². The first kappa shape index (κ1) is 22.1. The van der Waals surface area contributed by atoms with E-state index in [4.69, 9.17) is 16.3 Å². The second kappa shape index (κ2) is 9.18. The monoisotopic (exact) mass is 477 g/mol. The minimum Gasteiger partial charge on any atom is -0.493 e. The summed E-state index contributed by atoms with van der Waals surface area (Å²) in [5.41, 5.74) is 3.53. The number of ether oxygens (including phenoxy) is 1. The highest BCUT2D eigenvalue weighted by Crippen LogP contribution is 2.34. The Balaban J connectivity index is 1.51. The van der Waals surface area contributed by atoms with Gasteiger partial charge in [0.2, 0.25) is 10.0 Å². The molecule has 1 aromatic heterocycles. The summed E-state index contributed by atoms with van der Waals surface area (Å²) in [7, 11) is -3.65. The van der Waals surface area contributed by atoms with E-state index >= 15 is 0 Å². The van der Waals surface area contributed by atoms with Crippen molar-refractivity contribution >= 4 is 49.0 Å². The number of carbonyl (C=O) groups is 1. The number of hydrogen-bond acceptors (Lipinski definition) is 5. The Morgan fingerprint density at radius 2 is 2.00 bits per heavy atom. The quantitative estimate of drug-likeness (QED) is 0.478. The van der Waals surface area contributed by atoms with Crippen molar-refractivity contribution in [3.63, 3.8) is 0 Å². The van der Waals surface area contributed by atoms with E-state index in [-0.39, 0.29) is 0 Å². The van der Waals surface area contributed by atoms with Gasteiger partial charge in [-0.05, 0) is 78.8 Å². The van der Waals surface area contributed by atoms with Crippen molar-refractivity contribution in [1.82, 2.24) is 4.72 Å². The number of halogens is 1. The molecule has 31 heavy (non-hydrogen) atoms. The molecule has 0 unspecified atom stereocenters. The number of sulfonamides is 1. The Kier molecular flexibility index (Phi) is 6.55. The molecular formula is C23H24ClNO4S2. The molecule has 1 aliphatic rings. The molecule has 0 saturated carbocycles. The Morgan fingerprint density at radius 1 is 1.19 bits per heavy atom. The molecule has 0 aliphatic heterocycles. The zero-order valence-electron chi connectivity index (χ0n) is 17.2. The summed E-state index contributed by atoms with van der Waals surface area (Å²) in [6.45, 7) is 0.522. The first-order valence-electron chi connectivity index (χ1n) is 10.3. The molecule has 164 valence electrons. The van der Waals surface area contributed by atoms with Gasteiger partial charge in [-0.3, -0.25) is 4.79 Å². The molecule has 0 saturated heterocycles. The molecule has 0 radical (unpaired) electrons. The van der Waals surface area contributed by atoms with Crippen molar-refractivity contribution in [2.45, 2.75) is 38.5 Å². The van der Waals surface area contributed by atoms with Gasteiger partial charge in [0, 0.05) is 9.72 Å². The van der Waals surface area contributed by atoms with Crippen LogP contribution in [0.3, 0.4) is 0 Å².